The van der Waals surface area contributed by atoms with Gasteiger partial charge in [0.25, 0.3) is 0 Å². The lowest BCUT2D eigenvalue weighted by Gasteiger charge is -2.36. The van der Waals surface area contributed by atoms with E-state index < -0.39 is 5.41 Å². The molecule has 0 saturated carbocycles. The summed E-state index contributed by atoms with van der Waals surface area (Å²) < 4.78 is 6.89. The molecule has 1 spiro atoms. The molecule has 294 valence electrons. The zero-order chi connectivity index (χ0) is 41.5. The molecule has 1 atom stereocenters. The van der Waals surface area contributed by atoms with Crippen molar-refractivity contribution in [2.24, 2.45) is 0 Å². The lowest BCUT2D eigenvalue weighted by molar-refractivity contribution is 0.669. The van der Waals surface area contributed by atoms with Crippen LogP contribution in [0.2, 0.25) is 0 Å². The molecule has 0 fully saturated rings. The van der Waals surface area contributed by atoms with Gasteiger partial charge in [0.2, 0.25) is 0 Å². The van der Waals surface area contributed by atoms with Gasteiger partial charge in [0.15, 0.2) is 0 Å². The molecule has 0 radical (unpaired) electrons. The highest BCUT2D eigenvalue weighted by molar-refractivity contribution is 6.13. The molecule has 63 heavy (non-hydrogen) atoms. The van der Waals surface area contributed by atoms with E-state index in [1.807, 2.05) is 0 Å². The molecule has 2 nitrogen and oxygen atoms in total. The van der Waals surface area contributed by atoms with E-state index in [1.165, 1.54) is 77.9 Å². The van der Waals surface area contributed by atoms with Crippen molar-refractivity contribution in [2.75, 3.05) is 4.90 Å². The molecule has 13 rings (SSSR count). The Morgan fingerprint density at radius 3 is 1.49 bits per heavy atom. The van der Waals surface area contributed by atoms with E-state index in [0.29, 0.717) is 0 Å². The second-order valence-corrected chi connectivity index (χ2v) is 16.7. The summed E-state index contributed by atoms with van der Waals surface area (Å²) >= 11 is 0. The Labute approximate surface area is 366 Å². The molecular formula is C61H39NO. The average Bonchev–Trinajstić information content (AvgIpc) is 3.86. The zero-order valence-corrected chi connectivity index (χ0v) is 34.4. The van der Waals surface area contributed by atoms with Gasteiger partial charge in [-0.25, -0.2) is 0 Å². The van der Waals surface area contributed by atoms with Crippen LogP contribution in [0.1, 0.15) is 22.3 Å². The second-order valence-electron chi connectivity index (χ2n) is 16.7. The van der Waals surface area contributed by atoms with E-state index in [0.717, 1.165) is 39.0 Å². The third kappa shape index (κ3) is 5.25. The summed E-state index contributed by atoms with van der Waals surface area (Å²) in [6.07, 6.45) is 0. The van der Waals surface area contributed by atoms with Gasteiger partial charge in [0.05, 0.1) is 5.41 Å². The van der Waals surface area contributed by atoms with Crippen LogP contribution in [0, 0.1) is 0 Å². The molecule has 10 aromatic carbocycles. The lowest BCUT2D eigenvalue weighted by Crippen LogP contribution is -2.29. The summed E-state index contributed by atoms with van der Waals surface area (Å²) in [5.41, 5.74) is 21.6. The minimum Gasteiger partial charge on any atom is -0.455 e. The van der Waals surface area contributed by atoms with Crippen molar-refractivity contribution < 1.29 is 4.42 Å². The highest BCUT2D eigenvalue weighted by Crippen LogP contribution is 2.63. The lowest BCUT2D eigenvalue weighted by atomic mass is 9.65. The third-order valence-corrected chi connectivity index (χ3v) is 13.5. The molecule has 2 heteroatoms. The van der Waals surface area contributed by atoms with Crippen molar-refractivity contribution >= 4 is 39.0 Å². The first kappa shape index (κ1) is 35.5. The molecule has 0 N–H and O–H groups in total. The van der Waals surface area contributed by atoms with Crippen molar-refractivity contribution in [2.45, 2.75) is 5.41 Å². The van der Waals surface area contributed by atoms with Gasteiger partial charge in [-0.05, 0) is 115 Å². The standard InChI is InChI=1S/C61H39NO/c1-3-15-40(16-4-1)41-27-29-42(30-28-41)43-31-33-45(34-32-43)62(44-17-5-2-6-18-44)46-35-36-50-48-20-8-7-19-47(48)49-21-9-12-24-54(49)61(57(50)39-46)55-25-13-10-23-53(55)59-56(61)38-37-52-51-22-11-14-26-58(51)63-60(52)59/h1-39H. The van der Waals surface area contributed by atoms with Gasteiger partial charge < -0.3 is 9.32 Å². The number of hydrogen-bond donors (Lipinski definition) is 0. The number of rotatable bonds is 5. The van der Waals surface area contributed by atoms with Crippen LogP contribution in [0.25, 0.3) is 77.6 Å². The Bertz CT molecular complexity index is 3550. The van der Waals surface area contributed by atoms with Gasteiger partial charge in [-0.15, -0.1) is 0 Å². The number of fused-ring (bicyclic) bond motifs is 16. The van der Waals surface area contributed by atoms with E-state index in [2.05, 4.69) is 241 Å². The van der Waals surface area contributed by atoms with Crippen LogP contribution in [-0.4, -0.2) is 0 Å². The van der Waals surface area contributed by atoms with Crippen LogP contribution in [0.3, 0.4) is 0 Å². The van der Waals surface area contributed by atoms with E-state index in [4.69, 9.17) is 4.42 Å². The van der Waals surface area contributed by atoms with Crippen LogP contribution in [-0.2, 0) is 5.41 Å². The molecule has 2 aliphatic carbocycles. The summed E-state index contributed by atoms with van der Waals surface area (Å²) in [5.74, 6) is 0. The fourth-order valence-corrected chi connectivity index (χ4v) is 10.8. The summed E-state index contributed by atoms with van der Waals surface area (Å²) in [6, 6.07) is 86.6. The van der Waals surface area contributed by atoms with Crippen molar-refractivity contribution in [3.8, 4) is 55.6 Å². The van der Waals surface area contributed by atoms with Crippen molar-refractivity contribution in [3.05, 3.63) is 259 Å². The molecule has 1 aromatic heterocycles. The molecular weight excluding hydrogens is 763 g/mol. The van der Waals surface area contributed by atoms with Crippen molar-refractivity contribution in [3.63, 3.8) is 0 Å². The fraction of sp³-hybridized carbons (Fsp3) is 0.0164. The van der Waals surface area contributed by atoms with Crippen molar-refractivity contribution in [1.82, 2.24) is 0 Å². The van der Waals surface area contributed by atoms with E-state index >= 15 is 0 Å². The van der Waals surface area contributed by atoms with Gasteiger partial charge >= 0.3 is 0 Å². The molecule has 11 aromatic rings. The van der Waals surface area contributed by atoms with Gasteiger partial charge in [-0.3, -0.25) is 0 Å². The van der Waals surface area contributed by atoms with Gasteiger partial charge in [-0.2, -0.15) is 0 Å². The molecule has 0 bridgehead atoms. The highest BCUT2D eigenvalue weighted by Gasteiger charge is 2.51. The Morgan fingerprint density at radius 2 is 0.794 bits per heavy atom. The summed E-state index contributed by atoms with van der Waals surface area (Å²) in [6.45, 7) is 0. The normalized spacial score (nSPS) is 14.4. The first-order valence-electron chi connectivity index (χ1n) is 21.8. The Morgan fingerprint density at radius 1 is 0.302 bits per heavy atom. The second kappa shape index (κ2) is 13.9. The number of anilines is 3. The molecule has 0 saturated heterocycles. The van der Waals surface area contributed by atoms with Gasteiger partial charge in [-0.1, -0.05) is 194 Å². The summed E-state index contributed by atoms with van der Waals surface area (Å²) in [7, 11) is 0. The van der Waals surface area contributed by atoms with Crippen LogP contribution < -0.4 is 4.90 Å². The Kier molecular flexibility index (Phi) is 7.85. The van der Waals surface area contributed by atoms with Crippen LogP contribution in [0.5, 0.6) is 0 Å². The zero-order valence-electron chi connectivity index (χ0n) is 34.4. The van der Waals surface area contributed by atoms with Crippen LogP contribution in [0.15, 0.2) is 241 Å². The maximum absolute atomic E-state index is 6.89. The molecule has 1 unspecified atom stereocenters. The predicted molar refractivity (Wildman–Crippen MR) is 261 cm³/mol. The highest BCUT2D eigenvalue weighted by atomic mass is 16.3. The quantitative estimate of drug-likeness (QED) is 0.172. The number of para-hydroxylation sites is 2. The smallest absolute Gasteiger partial charge is 0.143 e. The number of hydrogen-bond acceptors (Lipinski definition) is 2. The Hall–Kier alpha value is -8.20. The van der Waals surface area contributed by atoms with Gasteiger partial charge in [0, 0.05) is 33.4 Å². The molecule has 0 amide bonds. The SMILES string of the molecule is c1ccc(-c2ccc(-c3ccc(N(c4ccccc4)c4ccc5c(c4)C4(c6ccccc6-c6ccccc6-5)c5ccccc5-c5c4ccc4c5oc5ccccc54)cc3)cc2)cc1. The van der Waals surface area contributed by atoms with E-state index in [1.54, 1.807) is 0 Å². The molecule has 1 heterocycles. The monoisotopic (exact) mass is 801 g/mol. The number of benzene rings is 10. The topological polar surface area (TPSA) is 16.4 Å². The maximum atomic E-state index is 6.89. The largest absolute Gasteiger partial charge is 0.455 e. The van der Waals surface area contributed by atoms with Crippen molar-refractivity contribution in [1.29, 1.82) is 0 Å². The average molecular weight is 802 g/mol. The van der Waals surface area contributed by atoms with E-state index in [-0.39, 0.29) is 0 Å². The van der Waals surface area contributed by atoms with E-state index in [9.17, 15) is 0 Å². The Balaban J connectivity index is 1.05. The number of nitrogens with zero attached hydrogens (tertiary/aromatic N) is 1. The fourth-order valence-electron chi connectivity index (χ4n) is 10.8. The first-order valence-corrected chi connectivity index (χ1v) is 21.8. The first-order chi connectivity index (χ1) is 31.3. The van der Waals surface area contributed by atoms with Gasteiger partial charge in [0.1, 0.15) is 11.2 Å². The predicted octanol–water partition coefficient (Wildman–Crippen LogP) is 16.4. The minimum absolute atomic E-state index is 0.668. The number of furan rings is 1. The summed E-state index contributed by atoms with van der Waals surface area (Å²) in [5, 5.41) is 2.28. The molecule has 2 aliphatic rings. The summed E-state index contributed by atoms with van der Waals surface area (Å²) in [4.78, 5) is 2.41. The minimum atomic E-state index is -0.668. The molecule has 0 aliphatic heterocycles. The third-order valence-electron chi connectivity index (χ3n) is 13.5. The van der Waals surface area contributed by atoms with Crippen LogP contribution in [0.4, 0.5) is 17.1 Å². The van der Waals surface area contributed by atoms with Crippen LogP contribution >= 0.6 is 0 Å². The maximum Gasteiger partial charge on any atom is 0.143 e.